The van der Waals surface area contributed by atoms with E-state index >= 15 is 0 Å². The van der Waals surface area contributed by atoms with Crippen molar-refractivity contribution in [3.05, 3.63) is 81.4 Å². The number of nitrogens with zero attached hydrogens (tertiary/aromatic N) is 1. The Bertz CT molecular complexity index is 1130. The maximum Gasteiger partial charge on any atom is 0.300 e. The lowest BCUT2D eigenvalue weighted by Crippen LogP contribution is -2.45. The highest BCUT2D eigenvalue weighted by atomic mass is 19.3. The number of fused-ring (bicyclic) bond motifs is 2. The zero-order chi connectivity index (χ0) is 18.7. The Hall–Kier alpha value is -2.89. The number of aromatic amines is 1. The van der Waals surface area contributed by atoms with Gasteiger partial charge in [0, 0.05) is 11.1 Å². The fraction of sp³-hybridized carbons (Fsp3) is 0.200. The molecule has 2 aromatic carbocycles. The van der Waals surface area contributed by atoms with Crippen molar-refractivity contribution in [2.45, 2.75) is 25.3 Å². The third kappa shape index (κ3) is 2.21. The first kappa shape index (κ1) is 16.6. The molecular weight excluding hydrogens is 341 g/mol. The van der Waals surface area contributed by atoms with Crippen molar-refractivity contribution in [3.8, 4) is 0 Å². The van der Waals surface area contributed by atoms with E-state index in [0.29, 0.717) is 5.52 Å². The zero-order valence-corrected chi connectivity index (χ0v) is 14.1. The molecule has 0 amide bonds. The van der Waals surface area contributed by atoms with Gasteiger partial charge in [0.15, 0.2) is 0 Å². The van der Waals surface area contributed by atoms with Crippen molar-refractivity contribution in [3.63, 3.8) is 0 Å². The maximum absolute atomic E-state index is 14.8. The van der Waals surface area contributed by atoms with Crippen LogP contribution >= 0.6 is 0 Å². The Balaban J connectivity index is 2.07. The summed E-state index contributed by atoms with van der Waals surface area (Å²) in [6, 6.07) is 12.4. The van der Waals surface area contributed by atoms with Gasteiger partial charge in [-0.25, -0.2) is 4.39 Å². The predicted octanol–water partition coefficient (Wildman–Crippen LogP) is 4.39. The number of pyridine rings is 1. The smallest absolute Gasteiger partial charge is 0.300 e. The third-order valence-electron chi connectivity index (χ3n) is 4.75. The fourth-order valence-electron chi connectivity index (χ4n) is 3.29. The van der Waals surface area contributed by atoms with Crippen LogP contribution < -0.4 is 5.56 Å². The van der Waals surface area contributed by atoms with E-state index in [1.807, 2.05) is 0 Å². The van der Waals surface area contributed by atoms with E-state index in [-0.39, 0.29) is 16.8 Å². The summed E-state index contributed by atoms with van der Waals surface area (Å²) in [5.41, 5.74) is -2.30. The SMILES string of the molecule is CC1(C)N=C(c2cc3ccccc3[nH]c2=O)c2cccc(F)c2C1(F)F. The van der Waals surface area contributed by atoms with Crippen LogP contribution in [-0.2, 0) is 5.92 Å². The highest BCUT2D eigenvalue weighted by Crippen LogP contribution is 2.47. The lowest BCUT2D eigenvalue weighted by molar-refractivity contribution is -0.0710. The van der Waals surface area contributed by atoms with Crippen molar-refractivity contribution in [1.29, 1.82) is 0 Å². The van der Waals surface area contributed by atoms with Gasteiger partial charge < -0.3 is 4.98 Å². The summed E-state index contributed by atoms with van der Waals surface area (Å²) < 4.78 is 44.0. The average Bonchev–Trinajstić information content (AvgIpc) is 2.58. The van der Waals surface area contributed by atoms with Crippen molar-refractivity contribution in [1.82, 2.24) is 4.98 Å². The molecule has 6 heteroatoms. The van der Waals surface area contributed by atoms with Gasteiger partial charge in [0.2, 0.25) is 0 Å². The molecule has 0 saturated carbocycles. The van der Waals surface area contributed by atoms with Crippen molar-refractivity contribution in [2.75, 3.05) is 0 Å². The zero-order valence-electron chi connectivity index (χ0n) is 14.1. The summed E-state index contributed by atoms with van der Waals surface area (Å²) in [4.78, 5) is 19.5. The molecule has 0 unspecified atom stereocenters. The van der Waals surface area contributed by atoms with Gasteiger partial charge >= 0.3 is 5.92 Å². The Morgan fingerprint density at radius 1 is 1.00 bits per heavy atom. The molecule has 3 aromatic rings. The molecule has 1 aliphatic rings. The first-order chi connectivity index (χ1) is 12.2. The van der Waals surface area contributed by atoms with Gasteiger partial charge in [-0.3, -0.25) is 9.79 Å². The number of H-pyrrole nitrogens is 1. The van der Waals surface area contributed by atoms with Crippen LogP contribution in [0.1, 0.15) is 30.5 Å². The van der Waals surface area contributed by atoms with Crippen LogP contribution in [0.25, 0.3) is 10.9 Å². The number of rotatable bonds is 1. The molecule has 0 aliphatic carbocycles. The normalized spacial score (nSPS) is 17.7. The summed E-state index contributed by atoms with van der Waals surface area (Å²) in [6.45, 7) is 2.47. The number of alkyl halides is 2. The van der Waals surface area contributed by atoms with Crippen molar-refractivity contribution in [2.24, 2.45) is 4.99 Å². The van der Waals surface area contributed by atoms with Gasteiger partial charge in [-0.1, -0.05) is 30.3 Å². The fourth-order valence-corrected chi connectivity index (χ4v) is 3.29. The Morgan fingerprint density at radius 3 is 2.50 bits per heavy atom. The van der Waals surface area contributed by atoms with Crippen LogP contribution in [0.2, 0.25) is 0 Å². The molecule has 1 aromatic heterocycles. The van der Waals surface area contributed by atoms with Crippen LogP contribution in [0.3, 0.4) is 0 Å². The van der Waals surface area contributed by atoms with Crippen LogP contribution in [-0.4, -0.2) is 16.2 Å². The molecule has 0 atom stereocenters. The quantitative estimate of drug-likeness (QED) is 0.691. The molecule has 0 fully saturated rings. The first-order valence-electron chi connectivity index (χ1n) is 8.12. The predicted molar refractivity (Wildman–Crippen MR) is 94.6 cm³/mol. The van der Waals surface area contributed by atoms with E-state index < -0.39 is 28.4 Å². The van der Waals surface area contributed by atoms with Gasteiger partial charge in [-0.2, -0.15) is 8.78 Å². The average molecular weight is 356 g/mol. The molecule has 132 valence electrons. The number of hydrogen-bond donors (Lipinski definition) is 1. The molecule has 4 rings (SSSR count). The monoisotopic (exact) mass is 356 g/mol. The van der Waals surface area contributed by atoms with Crippen LogP contribution in [0.4, 0.5) is 13.2 Å². The maximum atomic E-state index is 14.8. The minimum absolute atomic E-state index is 0.0601. The molecular formula is C20H15F3N2O. The van der Waals surface area contributed by atoms with Crippen molar-refractivity contribution < 1.29 is 13.2 Å². The first-order valence-corrected chi connectivity index (χ1v) is 8.12. The Morgan fingerprint density at radius 2 is 1.73 bits per heavy atom. The summed E-state index contributed by atoms with van der Waals surface area (Å²) in [6.07, 6.45) is 0. The minimum Gasteiger partial charge on any atom is -0.321 e. The Labute approximate surface area is 147 Å². The highest BCUT2D eigenvalue weighted by Gasteiger charge is 2.54. The molecule has 3 nitrogen and oxygen atoms in total. The largest absolute Gasteiger partial charge is 0.321 e. The second-order valence-corrected chi connectivity index (χ2v) is 6.86. The Kier molecular flexibility index (Phi) is 3.38. The lowest BCUT2D eigenvalue weighted by atomic mass is 9.81. The summed E-state index contributed by atoms with van der Waals surface area (Å²) in [7, 11) is 0. The molecule has 1 aliphatic heterocycles. The number of aromatic nitrogens is 1. The molecule has 0 radical (unpaired) electrons. The molecule has 0 saturated heterocycles. The van der Waals surface area contributed by atoms with E-state index in [9.17, 15) is 18.0 Å². The minimum atomic E-state index is -3.50. The van der Waals surface area contributed by atoms with E-state index in [0.717, 1.165) is 11.5 Å². The summed E-state index contributed by atoms with van der Waals surface area (Å²) in [5, 5.41) is 0.734. The van der Waals surface area contributed by atoms with Gasteiger partial charge in [0.25, 0.3) is 5.56 Å². The number of hydrogen-bond acceptors (Lipinski definition) is 2. The summed E-state index contributed by atoms with van der Waals surface area (Å²) in [5.74, 6) is -4.51. The number of aliphatic imine (C=N–C) groups is 1. The second-order valence-electron chi connectivity index (χ2n) is 6.86. The van der Waals surface area contributed by atoms with Crippen LogP contribution in [0.15, 0.2) is 58.3 Å². The summed E-state index contributed by atoms with van der Waals surface area (Å²) >= 11 is 0. The number of nitrogens with one attached hydrogen (secondary N) is 1. The highest BCUT2D eigenvalue weighted by molar-refractivity contribution is 6.15. The number of para-hydroxylation sites is 1. The number of benzene rings is 2. The lowest BCUT2D eigenvalue weighted by Gasteiger charge is -2.37. The molecule has 1 N–H and O–H groups in total. The van der Waals surface area contributed by atoms with Crippen LogP contribution in [0, 0.1) is 5.82 Å². The molecule has 26 heavy (non-hydrogen) atoms. The van der Waals surface area contributed by atoms with Gasteiger partial charge in [-0.15, -0.1) is 0 Å². The third-order valence-corrected chi connectivity index (χ3v) is 4.75. The standard InChI is InChI=1S/C20H15F3N2O/c1-19(2)20(22,23)16-12(7-5-8-14(16)21)17(25-19)13-10-11-6-3-4-9-15(11)24-18(13)26/h3-10H,1-2H3,(H,24,26). The van der Waals surface area contributed by atoms with Gasteiger partial charge in [0.1, 0.15) is 11.4 Å². The van der Waals surface area contributed by atoms with Gasteiger partial charge in [-0.05, 0) is 37.4 Å². The van der Waals surface area contributed by atoms with E-state index in [4.69, 9.17) is 0 Å². The van der Waals surface area contributed by atoms with Crippen molar-refractivity contribution >= 4 is 16.6 Å². The van der Waals surface area contributed by atoms with E-state index in [2.05, 4.69) is 9.98 Å². The second kappa shape index (κ2) is 5.30. The van der Waals surface area contributed by atoms with Crippen LogP contribution in [0.5, 0.6) is 0 Å². The molecule has 2 heterocycles. The molecule has 0 bridgehead atoms. The van der Waals surface area contributed by atoms with E-state index in [1.165, 1.54) is 26.0 Å². The number of halogens is 3. The molecule has 0 spiro atoms. The topological polar surface area (TPSA) is 45.2 Å². The van der Waals surface area contributed by atoms with E-state index in [1.54, 1.807) is 30.3 Å². The van der Waals surface area contributed by atoms with Gasteiger partial charge in [0.05, 0.1) is 16.8 Å².